The Morgan fingerprint density at radius 3 is 2.04 bits per heavy atom. The maximum atomic E-state index is 12.4. The molecule has 2 aromatic rings. The van der Waals surface area contributed by atoms with E-state index in [1.54, 1.807) is 36.4 Å². The van der Waals surface area contributed by atoms with Crippen molar-refractivity contribution in [2.75, 3.05) is 13.7 Å². The highest BCUT2D eigenvalue weighted by Gasteiger charge is 2.41. The summed E-state index contributed by atoms with van der Waals surface area (Å²) in [6, 6.07) is 11.6. The Morgan fingerprint density at radius 1 is 0.963 bits per heavy atom. The number of amides is 2. The number of rotatable bonds is 6. The van der Waals surface area contributed by atoms with Gasteiger partial charge < -0.3 is 9.47 Å². The fourth-order valence-electron chi connectivity index (χ4n) is 2.78. The van der Waals surface area contributed by atoms with Crippen molar-refractivity contribution >= 4 is 23.6 Å². The Hall–Kier alpha value is -3.48. The van der Waals surface area contributed by atoms with E-state index in [9.17, 15) is 19.2 Å². The lowest BCUT2D eigenvalue weighted by atomic mass is 10.1. The van der Waals surface area contributed by atoms with Crippen LogP contribution in [0.5, 0.6) is 5.75 Å². The van der Waals surface area contributed by atoms with Gasteiger partial charge in [-0.25, -0.2) is 4.79 Å². The maximum Gasteiger partial charge on any atom is 0.329 e. The van der Waals surface area contributed by atoms with E-state index in [4.69, 9.17) is 9.47 Å². The Morgan fingerprint density at radius 2 is 1.52 bits per heavy atom. The summed E-state index contributed by atoms with van der Waals surface area (Å²) in [4.78, 5) is 50.0. The van der Waals surface area contributed by atoms with Gasteiger partial charge in [-0.05, 0) is 43.3 Å². The van der Waals surface area contributed by atoms with Gasteiger partial charge in [-0.2, -0.15) is 0 Å². The molecule has 1 atom stereocenters. The third kappa shape index (κ3) is 3.44. The van der Waals surface area contributed by atoms with Crippen molar-refractivity contribution in [3.8, 4) is 5.75 Å². The zero-order chi connectivity index (χ0) is 19.6. The van der Waals surface area contributed by atoms with Gasteiger partial charge in [0, 0.05) is 5.56 Å². The number of ketones is 1. The van der Waals surface area contributed by atoms with E-state index in [1.165, 1.54) is 26.2 Å². The van der Waals surface area contributed by atoms with Crippen LogP contribution >= 0.6 is 0 Å². The molecule has 7 nitrogen and oxygen atoms in total. The standard InChI is InChI=1S/C20H17NO6/c1-12(21-18(23)15-5-3-4-6-16(15)19(21)24)20(25)27-11-17(22)13-7-9-14(26-2)10-8-13/h3-10,12H,11H2,1-2H3/t12-/m1/s1. The fraction of sp³-hybridized carbons (Fsp3) is 0.200. The first-order valence-electron chi connectivity index (χ1n) is 8.25. The number of hydrogen-bond donors (Lipinski definition) is 0. The summed E-state index contributed by atoms with van der Waals surface area (Å²) in [5, 5.41) is 0. The molecule has 1 aliphatic heterocycles. The quantitative estimate of drug-likeness (QED) is 0.441. The van der Waals surface area contributed by atoms with Gasteiger partial charge in [0.05, 0.1) is 18.2 Å². The minimum Gasteiger partial charge on any atom is -0.497 e. The van der Waals surface area contributed by atoms with Crippen LogP contribution in [0.25, 0.3) is 0 Å². The van der Waals surface area contributed by atoms with E-state index < -0.39 is 36.2 Å². The summed E-state index contributed by atoms with van der Waals surface area (Å²) < 4.78 is 10.0. The summed E-state index contributed by atoms with van der Waals surface area (Å²) in [6.07, 6.45) is 0. The van der Waals surface area contributed by atoms with Crippen molar-refractivity contribution < 1.29 is 28.7 Å². The molecule has 0 N–H and O–H groups in total. The molecule has 2 amide bonds. The van der Waals surface area contributed by atoms with Crippen LogP contribution in [0.3, 0.4) is 0 Å². The SMILES string of the molecule is COc1ccc(C(=O)COC(=O)[C@@H](C)N2C(=O)c3ccccc3C2=O)cc1. The molecule has 3 rings (SSSR count). The number of Topliss-reactive ketones (excluding diaryl/α,β-unsaturated/α-hetero) is 1. The molecule has 2 aromatic carbocycles. The van der Waals surface area contributed by atoms with Crippen LogP contribution in [-0.2, 0) is 9.53 Å². The van der Waals surface area contributed by atoms with E-state index in [0.29, 0.717) is 11.3 Å². The van der Waals surface area contributed by atoms with Crippen LogP contribution in [0.4, 0.5) is 0 Å². The van der Waals surface area contributed by atoms with Crippen molar-refractivity contribution in [3.63, 3.8) is 0 Å². The van der Waals surface area contributed by atoms with Gasteiger partial charge in [0.1, 0.15) is 11.8 Å². The monoisotopic (exact) mass is 367 g/mol. The molecule has 0 aromatic heterocycles. The average molecular weight is 367 g/mol. The summed E-state index contributed by atoms with van der Waals surface area (Å²) >= 11 is 0. The van der Waals surface area contributed by atoms with Crippen molar-refractivity contribution in [1.29, 1.82) is 0 Å². The number of hydrogen-bond acceptors (Lipinski definition) is 6. The van der Waals surface area contributed by atoms with Crippen LogP contribution in [0.15, 0.2) is 48.5 Å². The van der Waals surface area contributed by atoms with Crippen LogP contribution in [0.2, 0.25) is 0 Å². The van der Waals surface area contributed by atoms with Crippen molar-refractivity contribution in [3.05, 3.63) is 65.2 Å². The largest absolute Gasteiger partial charge is 0.497 e. The predicted molar refractivity (Wildman–Crippen MR) is 94.7 cm³/mol. The number of fused-ring (bicyclic) bond motifs is 1. The third-order valence-electron chi connectivity index (χ3n) is 4.31. The lowest BCUT2D eigenvalue weighted by molar-refractivity contribution is -0.146. The zero-order valence-corrected chi connectivity index (χ0v) is 14.8. The van der Waals surface area contributed by atoms with Gasteiger partial charge in [0.2, 0.25) is 0 Å². The Labute approximate surface area is 155 Å². The molecule has 0 radical (unpaired) electrons. The first kappa shape index (κ1) is 18.3. The molecule has 7 heteroatoms. The summed E-state index contributed by atoms with van der Waals surface area (Å²) in [6.45, 7) is 0.903. The highest BCUT2D eigenvalue weighted by molar-refractivity contribution is 6.22. The lowest BCUT2D eigenvalue weighted by Crippen LogP contribution is -2.44. The number of methoxy groups -OCH3 is 1. The molecule has 0 fully saturated rings. The Kier molecular flexibility index (Phi) is 5.03. The van der Waals surface area contributed by atoms with Gasteiger partial charge in [-0.1, -0.05) is 12.1 Å². The third-order valence-corrected chi connectivity index (χ3v) is 4.31. The molecule has 0 unspecified atom stereocenters. The van der Waals surface area contributed by atoms with Crippen LogP contribution < -0.4 is 4.74 Å². The molecule has 138 valence electrons. The number of benzene rings is 2. The highest BCUT2D eigenvalue weighted by atomic mass is 16.5. The Bertz CT molecular complexity index is 883. The minimum atomic E-state index is -1.14. The normalized spacial score (nSPS) is 13.9. The summed E-state index contributed by atoms with van der Waals surface area (Å²) in [7, 11) is 1.51. The van der Waals surface area contributed by atoms with Gasteiger partial charge >= 0.3 is 5.97 Å². The zero-order valence-electron chi connectivity index (χ0n) is 14.8. The number of ether oxygens (including phenoxy) is 2. The number of nitrogens with zero attached hydrogens (tertiary/aromatic N) is 1. The van der Waals surface area contributed by atoms with Crippen LogP contribution in [0.1, 0.15) is 38.0 Å². The highest BCUT2D eigenvalue weighted by Crippen LogP contribution is 2.24. The second kappa shape index (κ2) is 7.41. The summed E-state index contributed by atoms with van der Waals surface area (Å²) in [5.41, 5.74) is 0.852. The molecule has 1 heterocycles. The molecule has 27 heavy (non-hydrogen) atoms. The number of carbonyl (C=O) groups is 4. The minimum absolute atomic E-state index is 0.247. The van der Waals surface area contributed by atoms with Crippen molar-refractivity contribution in [2.24, 2.45) is 0 Å². The average Bonchev–Trinajstić information content (AvgIpc) is 2.96. The van der Waals surface area contributed by atoms with Crippen LogP contribution in [-0.4, -0.2) is 48.2 Å². The smallest absolute Gasteiger partial charge is 0.329 e. The predicted octanol–water partition coefficient (Wildman–Crippen LogP) is 2.11. The molecular formula is C20H17NO6. The van der Waals surface area contributed by atoms with E-state index in [0.717, 1.165) is 4.90 Å². The van der Waals surface area contributed by atoms with Crippen molar-refractivity contribution in [2.45, 2.75) is 13.0 Å². The molecular weight excluding hydrogens is 350 g/mol. The molecule has 0 bridgehead atoms. The summed E-state index contributed by atoms with van der Waals surface area (Å²) in [5.74, 6) is -1.74. The molecule has 1 aliphatic rings. The lowest BCUT2D eigenvalue weighted by Gasteiger charge is -2.20. The first-order chi connectivity index (χ1) is 12.9. The molecule has 0 spiro atoms. The number of carbonyl (C=O) groups excluding carboxylic acids is 4. The van der Waals surface area contributed by atoms with Gasteiger partial charge in [-0.3, -0.25) is 19.3 Å². The van der Waals surface area contributed by atoms with E-state index in [1.807, 2.05) is 0 Å². The molecule has 0 aliphatic carbocycles. The molecule has 0 saturated carbocycles. The number of esters is 1. The van der Waals surface area contributed by atoms with E-state index in [-0.39, 0.29) is 11.1 Å². The maximum absolute atomic E-state index is 12.4. The van der Waals surface area contributed by atoms with Crippen LogP contribution in [0, 0.1) is 0 Å². The Balaban J connectivity index is 1.63. The first-order valence-corrected chi connectivity index (χ1v) is 8.25. The second-order valence-corrected chi connectivity index (χ2v) is 5.96. The van der Waals surface area contributed by atoms with Gasteiger partial charge in [0.25, 0.3) is 11.8 Å². The topological polar surface area (TPSA) is 90.0 Å². The van der Waals surface area contributed by atoms with E-state index >= 15 is 0 Å². The number of imide groups is 1. The molecule has 0 saturated heterocycles. The van der Waals surface area contributed by atoms with Gasteiger partial charge in [0.15, 0.2) is 12.4 Å². The van der Waals surface area contributed by atoms with Gasteiger partial charge in [-0.15, -0.1) is 0 Å². The second-order valence-electron chi connectivity index (χ2n) is 5.96. The fourth-order valence-corrected chi connectivity index (χ4v) is 2.78. The van der Waals surface area contributed by atoms with Crippen molar-refractivity contribution in [1.82, 2.24) is 4.90 Å². The van der Waals surface area contributed by atoms with E-state index in [2.05, 4.69) is 0 Å².